The summed E-state index contributed by atoms with van der Waals surface area (Å²) >= 11 is 0. The molecule has 0 unspecified atom stereocenters. The molecule has 0 amide bonds. The normalized spacial score (nSPS) is 10.5. The minimum Gasteiger partial charge on any atom is -0.462 e. The average molecular weight is 335 g/mol. The van der Waals surface area contributed by atoms with E-state index in [1.165, 1.54) is 0 Å². The van der Waals surface area contributed by atoms with Gasteiger partial charge in [-0.25, -0.2) is 9.78 Å². The summed E-state index contributed by atoms with van der Waals surface area (Å²) in [5.41, 5.74) is 2.51. The summed E-state index contributed by atoms with van der Waals surface area (Å²) < 4.78 is 5.00. The van der Waals surface area contributed by atoms with E-state index in [0.29, 0.717) is 12.2 Å². The molecule has 1 aromatic heterocycles. The fourth-order valence-electron chi connectivity index (χ4n) is 2.57. The fraction of sp³-hybridized carbons (Fsp3) is 0.200. The zero-order valence-electron chi connectivity index (χ0n) is 14.6. The SMILES string of the molecule is CCOC(=O)c1ccc(Nc2nccc3ccc(N(C)C)cc23)cc1. The van der Waals surface area contributed by atoms with Crippen LogP contribution in [0, 0.1) is 0 Å². The molecular formula is C20H21N3O2. The number of esters is 1. The van der Waals surface area contributed by atoms with Crippen molar-refractivity contribution in [2.75, 3.05) is 30.9 Å². The van der Waals surface area contributed by atoms with Crippen molar-refractivity contribution >= 4 is 33.9 Å². The Bertz CT molecular complexity index is 889. The summed E-state index contributed by atoms with van der Waals surface area (Å²) in [6.07, 6.45) is 1.78. The summed E-state index contributed by atoms with van der Waals surface area (Å²) in [6, 6.07) is 15.5. The minimum atomic E-state index is -0.312. The second kappa shape index (κ2) is 7.21. The third-order valence-electron chi connectivity index (χ3n) is 3.92. The molecule has 1 heterocycles. The van der Waals surface area contributed by atoms with Crippen molar-refractivity contribution in [3.8, 4) is 0 Å². The highest BCUT2D eigenvalue weighted by Gasteiger charge is 2.08. The van der Waals surface area contributed by atoms with E-state index in [2.05, 4.69) is 33.4 Å². The number of ether oxygens (including phenoxy) is 1. The van der Waals surface area contributed by atoms with Crippen LogP contribution < -0.4 is 10.2 Å². The van der Waals surface area contributed by atoms with Crippen LogP contribution in [0.1, 0.15) is 17.3 Å². The van der Waals surface area contributed by atoms with Gasteiger partial charge in [0.25, 0.3) is 0 Å². The van der Waals surface area contributed by atoms with Crippen molar-refractivity contribution in [1.29, 1.82) is 0 Å². The molecule has 0 bridgehead atoms. The second-order valence-corrected chi connectivity index (χ2v) is 5.88. The van der Waals surface area contributed by atoms with Gasteiger partial charge in [-0.1, -0.05) is 6.07 Å². The molecule has 0 radical (unpaired) electrons. The number of nitrogens with one attached hydrogen (secondary N) is 1. The van der Waals surface area contributed by atoms with Gasteiger partial charge in [-0.15, -0.1) is 0 Å². The molecule has 0 aliphatic rings. The molecular weight excluding hydrogens is 314 g/mol. The van der Waals surface area contributed by atoms with Crippen LogP contribution in [-0.2, 0) is 4.74 Å². The zero-order chi connectivity index (χ0) is 17.8. The fourth-order valence-corrected chi connectivity index (χ4v) is 2.57. The molecule has 0 saturated heterocycles. The summed E-state index contributed by atoms with van der Waals surface area (Å²) in [6.45, 7) is 2.16. The maximum absolute atomic E-state index is 11.7. The van der Waals surface area contributed by atoms with Crippen molar-refractivity contribution in [2.24, 2.45) is 0 Å². The molecule has 25 heavy (non-hydrogen) atoms. The Morgan fingerprint density at radius 3 is 2.56 bits per heavy atom. The maximum atomic E-state index is 11.7. The maximum Gasteiger partial charge on any atom is 0.338 e. The van der Waals surface area contributed by atoms with Crippen molar-refractivity contribution in [2.45, 2.75) is 6.92 Å². The summed E-state index contributed by atoms with van der Waals surface area (Å²) in [4.78, 5) is 18.3. The van der Waals surface area contributed by atoms with E-state index >= 15 is 0 Å². The van der Waals surface area contributed by atoms with Crippen molar-refractivity contribution in [3.05, 3.63) is 60.3 Å². The van der Waals surface area contributed by atoms with Crippen molar-refractivity contribution < 1.29 is 9.53 Å². The molecule has 0 atom stereocenters. The first-order valence-electron chi connectivity index (χ1n) is 8.19. The summed E-state index contributed by atoms with van der Waals surface area (Å²) in [5.74, 6) is 0.470. The quantitative estimate of drug-likeness (QED) is 0.708. The highest BCUT2D eigenvalue weighted by atomic mass is 16.5. The van der Waals surface area contributed by atoms with Crippen LogP contribution in [0.15, 0.2) is 54.7 Å². The van der Waals surface area contributed by atoms with Gasteiger partial charge in [-0.2, -0.15) is 0 Å². The van der Waals surface area contributed by atoms with E-state index in [9.17, 15) is 4.79 Å². The lowest BCUT2D eigenvalue weighted by atomic mass is 10.1. The highest BCUT2D eigenvalue weighted by Crippen LogP contribution is 2.28. The Morgan fingerprint density at radius 1 is 1.12 bits per heavy atom. The molecule has 0 saturated carbocycles. The largest absolute Gasteiger partial charge is 0.462 e. The average Bonchev–Trinajstić information content (AvgIpc) is 2.62. The summed E-state index contributed by atoms with van der Waals surface area (Å²) in [7, 11) is 4.03. The van der Waals surface area contributed by atoms with Gasteiger partial charge in [-0.05, 0) is 54.8 Å². The van der Waals surface area contributed by atoms with Crippen LogP contribution in [-0.4, -0.2) is 31.7 Å². The van der Waals surface area contributed by atoms with Crippen molar-refractivity contribution in [3.63, 3.8) is 0 Å². The first-order chi connectivity index (χ1) is 12.1. The molecule has 128 valence electrons. The monoisotopic (exact) mass is 335 g/mol. The third kappa shape index (κ3) is 3.71. The molecule has 0 aliphatic carbocycles. The highest BCUT2D eigenvalue weighted by molar-refractivity contribution is 5.95. The minimum absolute atomic E-state index is 0.312. The number of aromatic nitrogens is 1. The number of benzene rings is 2. The van der Waals surface area contributed by atoms with Gasteiger partial charge in [0.2, 0.25) is 0 Å². The van der Waals surface area contributed by atoms with Gasteiger partial charge in [0.05, 0.1) is 12.2 Å². The molecule has 3 aromatic rings. The molecule has 0 spiro atoms. The van der Waals surface area contributed by atoms with E-state index < -0.39 is 0 Å². The Kier molecular flexibility index (Phi) is 4.84. The lowest BCUT2D eigenvalue weighted by Crippen LogP contribution is -2.08. The van der Waals surface area contributed by atoms with Crippen LogP contribution in [0.3, 0.4) is 0 Å². The molecule has 2 aromatic carbocycles. The van der Waals surface area contributed by atoms with Crippen LogP contribution in [0.4, 0.5) is 17.2 Å². The smallest absolute Gasteiger partial charge is 0.338 e. The number of rotatable bonds is 5. The Hall–Kier alpha value is -3.08. The number of anilines is 3. The van der Waals surface area contributed by atoms with Crippen LogP contribution >= 0.6 is 0 Å². The van der Waals surface area contributed by atoms with E-state index in [-0.39, 0.29) is 5.97 Å². The van der Waals surface area contributed by atoms with E-state index in [0.717, 1.165) is 28.0 Å². The number of carbonyl (C=O) groups is 1. The molecule has 1 N–H and O–H groups in total. The zero-order valence-corrected chi connectivity index (χ0v) is 14.6. The van der Waals surface area contributed by atoms with Gasteiger partial charge in [0, 0.05) is 37.1 Å². The second-order valence-electron chi connectivity index (χ2n) is 5.88. The molecule has 3 rings (SSSR count). The van der Waals surface area contributed by atoms with Crippen LogP contribution in [0.2, 0.25) is 0 Å². The molecule has 5 nitrogen and oxygen atoms in total. The number of fused-ring (bicyclic) bond motifs is 1. The number of hydrogen-bond donors (Lipinski definition) is 1. The number of pyridine rings is 1. The molecule has 0 fully saturated rings. The van der Waals surface area contributed by atoms with Gasteiger partial charge in [-0.3, -0.25) is 0 Å². The third-order valence-corrected chi connectivity index (χ3v) is 3.92. The standard InChI is InChI=1S/C20H21N3O2/c1-4-25-20(24)15-5-8-16(9-6-15)22-19-18-13-17(23(2)3)10-7-14(18)11-12-21-19/h5-13H,4H2,1-3H3,(H,21,22). The number of nitrogens with zero attached hydrogens (tertiary/aromatic N) is 2. The molecule has 0 aliphatic heterocycles. The van der Waals surface area contributed by atoms with Gasteiger partial charge in [0.1, 0.15) is 5.82 Å². The van der Waals surface area contributed by atoms with Crippen LogP contribution in [0.5, 0.6) is 0 Å². The topological polar surface area (TPSA) is 54.5 Å². The van der Waals surface area contributed by atoms with Gasteiger partial charge >= 0.3 is 5.97 Å². The Morgan fingerprint density at radius 2 is 1.88 bits per heavy atom. The molecule has 5 heteroatoms. The lowest BCUT2D eigenvalue weighted by molar-refractivity contribution is 0.0526. The first kappa shape index (κ1) is 16.8. The predicted octanol–water partition coefficient (Wildman–Crippen LogP) is 4.22. The predicted molar refractivity (Wildman–Crippen MR) is 102 cm³/mol. The van der Waals surface area contributed by atoms with E-state index in [4.69, 9.17) is 4.74 Å². The van der Waals surface area contributed by atoms with Gasteiger partial charge in [0.15, 0.2) is 0 Å². The number of hydrogen-bond acceptors (Lipinski definition) is 5. The lowest BCUT2D eigenvalue weighted by Gasteiger charge is -2.15. The van der Waals surface area contributed by atoms with E-state index in [1.54, 1.807) is 25.3 Å². The first-order valence-corrected chi connectivity index (χ1v) is 8.19. The Balaban J connectivity index is 1.89. The van der Waals surface area contributed by atoms with Crippen molar-refractivity contribution in [1.82, 2.24) is 4.98 Å². The Labute approximate surface area is 147 Å². The van der Waals surface area contributed by atoms with Gasteiger partial charge < -0.3 is 15.0 Å². The van der Waals surface area contributed by atoms with E-state index in [1.807, 2.05) is 32.3 Å². The number of carbonyl (C=O) groups excluding carboxylic acids is 1. The summed E-state index contributed by atoms with van der Waals surface area (Å²) in [5, 5.41) is 5.49. The van der Waals surface area contributed by atoms with Crippen LogP contribution in [0.25, 0.3) is 10.8 Å².